The zero-order chi connectivity index (χ0) is 10.6. The summed E-state index contributed by atoms with van der Waals surface area (Å²) < 4.78 is 0. The molecule has 0 aliphatic heterocycles. The Hall–Kier alpha value is -0.450. The molecular weight excluding hydrogens is 194 g/mol. The largest absolute Gasteiger partial charge is 0.310 e. The van der Waals surface area contributed by atoms with Crippen molar-refractivity contribution in [2.75, 3.05) is 20.6 Å². The molecule has 1 rings (SSSR count). The van der Waals surface area contributed by atoms with Gasteiger partial charge in [0.2, 0.25) is 0 Å². The van der Waals surface area contributed by atoms with Gasteiger partial charge < -0.3 is 10.2 Å². The van der Waals surface area contributed by atoms with Crippen molar-refractivity contribution < 1.29 is 0 Å². The molecule has 1 aromatic rings. The van der Waals surface area contributed by atoms with E-state index in [9.17, 15) is 0 Å². The number of rotatable bonds is 5. The molecule has 80 valence electrons. The van der Waals surface area contributed by atoms with Crippen molar-refractivity contribution in [2.45, 2.75) is 26.4 Å². The van der Waals surface area contributed by atoms with Crippen molar-refractivity contribution in [1.29, 1.82) is 0 Å². The zero-order valence-corrected chi connectivity index (χ0v) is 10.2. The predicted molar refractivity (Wildman–Crippen MR) is 61.7 cm³/mol. The van der Waals surface area contributed by atoms with Crippen LogP contribution in [0.15, 0.2) is 5.51 Å². The molecule has 1 heterocycles. The molecule has 3 nitrogen and oxygen atoms in total. The molecule has 14 heavy (non-hydrogen) atoms. The molecule has 0 aliphatic carbocycles. The standard InChI is InChI=1S/C10H19N3S/c1-8(13(3)4)5-11-6-10-9(2)12-7-14-10/h7-8,11H,5-6H2,1-4H3. The summed E-state index contributed by atoms with van der Waals surface area (Å²) in [7, 11) is 4.20. The first-order valence-electron chi connectivity index (χ1n) is 4.87. The van der Waals surface area contributed by atoms with E-state index in [1.807, 2.05) is 5.51 Å². The number of aromatic nitrogens is 1. The second-order valence-corrected chi connectivity index (χ2v) is 4.74. The van der Waals surface area contributed by atoms with Crippen LogP contribution < -0.4 is 5.32 Å². The van der Waals surface area contributed by atoms with E-state index in [2.05, 4.69) is 43.1 Å². The minimum absolute atomic E-state index is 0.572. The number of nitrogens with zero attached hydrogens (tertiary/aromatic N) is 2. The topological polar surface area (TPSA) is 28.2 Å². The third-order valence-corrected chi connectivity index (χ3v) is 3.39. The number of aryl methyl sites for hydroxylation is 1. The lowest BCUT2D eigenvalue weighted by molar-refractivity contribution is 0.303. The Morgan fingerprint density at radius 3 is 2.79 bits per heavy atom. The highest BCUT2D eigenvalue weighted by atomic mass is 32.1. The van der Waals surface area contributed by atoms with E-state index in [4.69, 9.17) is 0 Å². The van der Waals surface area contributed by atoms with Crippen molar-refractivity contribution in [2.24, 2.45) is 0 Å². The quantitative estimate of drug-likeness (QED) is 0.803. The minimum Gasteiger partial charge on any atom is -0.310 e. The highest BCUT2D eigenvalue weighted by Gasteiger charge is 2.04. The molecule has 0 radical (unpaired) electrons. The summed E-state index contributed by atoms with van der Waals surface area (Å²) in [6.07, 6.45) is 0. The fourth-order valence-electron chi connectivity index (χ4n) is 1.07. The van der Waals surface area contributed by atoms with Crippen molar-refractivity contribution >= 4 is 11.3 Å². The molecule has 1 aromatic heterocycles. The van der Waals surface area contributed by atoms with Crippen LogP contribution in [-0.4, -0.2) is 36.6 Å². The first kappa shape index (κ1) is 11.6. The molecule has 4 heteroatoms. The highest BCUT2D eigenvalue weighted by molar-refractivity contribution is 7.09. The molecule has 1 atom stereocenters. The summed E-state index contributed by atoms with van der Waals surface area (Å²) in [5.41, 5.74) is 3.06. The fraction of sp³-hybridized carbons (Fsp3) is 0.700. The lowest BCUT2D eigenvalue weighted by Crippen LogP contribution is -2.35. The Morgan fingerprint density at radius 1 is 1.57 bits per heavy atom. The van der Waals surface area contributed by atoms with Crippen LogP contribution in [0.25, 0.3) is 0 Å². The van der Waals surface area contributed by atoms with Crippen LogP contribution in [0.2, 0.25) is 0 Å². The zero-order valence-electron chi connectivity index (χ0n) is 9.37. The average Bonchev–Trinajstić information content (AvgIpc) is 2.51. The maximum atomic E-state index is 4.22. The van der Waals surface area contributed by atoms with E-state index < -0.39 is 0 Å². The van der Waals surface area contributed by atoms with Crippen LogP contribution in [0.3, 0.4) is 0 Å². The Labute approximate surface area is 90.2 Å². The summed E-state index contributed by atoms with van der Waals surface area (Å²) in [5.74, 6) is 0. The lowest BCUT2D eigenvalue weighted by atomic mass is 10.3. The van der Waals surface area contributed by atoms with Gasteiger partial charge in [-0.15, -0.1) is 11.3 Å². The number of likely N-dealkylation sites (N-methyl/N-ethyl adjacent to an activating group) is 1. The van der Waals surface area contributed by atoms with Gasteiger partial charge in [-0.1, -0.05) is 0 Å². The van der Waals surface area contributed by atoms with E-state index in [0.29, 0.717) is 6.04 Å². The predicted octanol–water partition coefficient (Wildman–Crippen LogP) is 1.49. The third kappa shape index (κ3) is 3.36. The van der Waals surface area contributed by atoms with E-state index >= 15 is 0 Å². The molecule has 0 saturated carbocycles. The normalized spacial score (nSPS) is 13.5. The van der Waals surface area contributed by atoms with Crippen LogP contribution in [0.4, 0.5) is 0 Å². The molecule has 1 unspecified atom stereocenters. The van der Waals surface area contributed by atoms with Gasteiger partial charge in [-0.2, -0.15) is 0 Å². The van der Waals surface area contributed by atoms with Gasteiger partial charge in [0.15, 0.2) is 0 Å². The van der Waals surface area contributed by atoms with Crippen molar-refractivity contribution in [3.63, 3.8) is 0 Å². The Kier molecular flexibility index (Phi) is 4.51. The molecule has 0 aromatic carbocycles. The van der Waals surface area contributed by atoms with Crippen molar-refractivity contribution in [1.82, 2.24) is 15.2 Å². The first-order chi connectivity index (χ1) is 6.61. The summed E-state index contributed by atoms with van der Waals surface area (Å²) in [4.78, 5) is 7.78. The molecular formula is C10H19N3S. The van der Waals surface area contributed by atoms with Gasteiger partial charge in [0.05, 0.1) is 11.2 Å². The van der Waals surface area contributed by atoms with Gasteiger partial charge in [-0.3, -0.25) is 0 Å². The number of hydrogen-bond acceptors (Lipinski definition) is 4. The van der Waals surface area contributed by atoms with Crippen LogP contribution >= 0.6 is 11.3 Å². The SMILES string of the molecule is Cc1ncsc1CNCC(C)N(C)C. The van der Waals surface area contributed by atoms with Crippen LogP contribution in [0.5, 0.6) is 0 Å². The van der Waals surface area contributed by atoms with Crippen LogP contribution in [0.1, 0.15) is 17.5 Å². The monoisotopic (exact) mass is 213 g/mol. The minimum atomic E-state index is 0.572. The maximum absolute atomic E-state index is 4.22. The van der Waals surface area contributed by atoms with E-state index in [1.54, 1.807) is 11.3 Å². The number of nitrogens with one attached hydrogen (secondary N) is 1. The van der Waals surface area contributed by atoms with E-state index in [0.717, 1.165) is 18.8 Å². The number of thiazole rings is 1. The van der Waals surface area contributed by atoms with Gasteiger partial charge in [-0.05, 0) is 27.9 Å². The molecule has 0 fully saturated rings. The smallest absolute Gasteiger partial charge is 0.0798 e. The third-order valence-electron chi connectivity index (χ3n) is 2.45. The summed E-state index contributed by atoms with van der Waals surface area (Å²) >= 11 is 1.72. The summed E-state index contributed by atoms with van der Waals surface area (Å²) in [6, 6.07) is 0.572. The van der Waals surface area contributed by atoms with Gasteiger partial charge in [0.25, 0.3) is 0 Å². The van der Waals surface area contributed by atoms with Gasteiger partial charge in [0, 0.05) is 24.0 Å². The van der Waals surface area contributed by atoms with Gasteiger partial charge in [0.1, 0.15) is 0 Å². The second-order valence-electron chi connectivity index (χ2n) is 3.80. The second kappa shape index (κ2) is 5.44. The van der Waals surface area contributed by atoms with Crippen molar-refractivity contribution in [3.05, 3.63) is 16.1 Å². The van der Waals surface area contributed by atoms with Crippen LogP contribution in [-0.2, 0) is 6.54 Å². The number of hydrogen-bond donors (Lipinski definition) is 1. The maximum Gasteiger partial charge on any atom is 0.0798 e. The summed E-state index contributed by atoms with van der Waals surface area (Å²) in [5, 5.41) is 3.44. The fourth-order valence-corrected chi connectivity index (χ4v) is 1.82. The van der Waals surface area contributed by atoms with Gasteiger partial charge in [-0.25, -0.2) is 4.98 Å². The van der Waals surface area contributed by atoms with E-state index in [1.165, 1.54) is 4.88 Å². The Morgan fingerprint density at radius 2 is 2.29 bits per heavy atom. The van der Waals surface area contributed by atoms with E-state index in [-0.39, 0.29) is 0 Å². The lowest BCUT2D eigenvalue weighted by Gasteiger charge is -2.19. The molecule has 0 saturated heterocycles. The summed E-state index contributed by atoms with van der Waals surface area (Å²) in [6.45, 7) is 6.23. The molecule has 0 aliphatic rings. The van der Waals surface area contributed by atoms with Crippen LogP contribution in [0, 0.1) is 6.92 Å². The molecule has 0 spiro atoms. The molecule has 0 amide bonds. The Balaban J connectivity index is 2.25. The molecule has 0 bridgehead atoms. The Bertz CT molecular complexity index is 270. The van der Waals surface area contributed by atoms with Crippen molar-refractivity contribution in [3.8, 4) is 0 Å². The highest BCUT2D eigenvalue weighted by Crippen LogP contribution is 2.11. The first-order valence-corrected chi connectivity index (χ1v) is 5.75. The molecule has 1 N–H and O–H groups in total. The average molecular weight is 213 g/mol. The van der Waals surface area contributed by atoms with Gasteiger partial charge >= 0.3 is 0 Å².